The Morgan fingerprint density at radius 3 is 1.84 bits per heavy atom. The number of benzene rings is 1. The lowest BCUT2D eigenvalue weighted by Gasteiger charge is -2.19. The van der Waals surface area contributed by atoms with Gasteiger partial charge in [0.05, 0.1) is 0 Å². The number of nitrogens with one attached hydrogen (secondary N) is 2. The number of alkyl carbamates (subject to hydrolysis) is 1. The van der Waals surface area contributed by atoms with Gasteiger partial charge in [-0.1, -0.05) is 25.7 Å². The van der Waals surface area contributed by atoms with E-state index in [1.165, 1.54) is 13.8 Å². The van der Waals surface area contributed by atoms with Crippen LogP contribution in [0.15, 0.2) is 18.2 Å². The van der Waals surface area contributed by atoms with Crippen LogP contribution in [0.25, 0.3) is 0 Å². The van der Waals surface area contributed by atoms with Gasteiger partial charge in [0.15, 0.2) is 11.6 Å². The van der Waals surface area contributed by atoms with Crippen LogP contribution >= 0.6 is 0 Å². The molecule has 7 heteroatoms. The molecular weight excluding hydrogens is 396 g/mol. The van der Waals surface area contributed by atoms with E-state index >= 15 is 0 Å². The molecule has 2 amide bonds. The highest BCUT2D eigenvalue weighted by molar-refractivity contribution is 6.02. The lowest BCUT2D eigenvalue weighted by molar-refractivity contribution is -0.116. The Morgan fingerprint density at radius 2 is 1.32 bits per heavy atom. The second kappa shape index (κ2) is 12.9. The molecule has 0 heterocycles. The van der Waals surface area contributed by atoms with Crippen molar-refractivity contribution in [2.24, 2.45) is 0 Å². The summed E-state index contributed by atoms with van der Waals surface area (Å²) in [6.45, 7) is 8.95. The van der Waals surface area contributed by atoms with Crippen LogP contribution < -0.4 is 10.6 Å². The highest BCUT2D eigenvalue weighted by Crippen LogP contribution is 2.17. The molecule has 0 aliphatic carbocycles. The third kappa shape index (κ3) is 11.9. The molecule has 7 nitrogen and oxygen atoms in total. The summed E-state index contributed by atoms with van der Waals surface area (Å²) < 4.78 is 5.18. The first kappa shape index (κ1) is 26.3. The van der Waals surface area contributed by atoms with Gasteiger partial charge in [-0.3, -0.25) is 14.4 Å². The van der Waals surface area contributed by atoms with E-state index in [9.17, 15) is 19.2 Å². The number of hydrogen-bond donors (Lipinski definition) is 2. The van der Waals surface area contributed by atoms with Crippen LogP contribution in [0.1, 0.15) is 100 Å². The first-order chi connectivity index (χ1) is 14.5. The summed E-state index contributed by atoms with van der Waals surface area (Å²) in [5, 5.41) is 5.53. The van der Waals surface area contributed by atoms with Crippen molar-refractivity contribution >= 4 is 29.3 Å². The van der Waals surface area contributed by atoms with Crippen LogP contribution in [0.3, 0.4) is 0 Å². The monoisotopic (exact) mass is 432 g/mol. The van der Waals surface area contributed by atoms with E-state index in [4.69, 9.17) is 4.74 Å². The van der Waals surface area contributed by atoms with Gasteiger partial charge in [0.25, 0.3) is 0 Å². The fraction of sp³-hybridized carbons (Fsp3) is 0.583. The second-order valence-electron chi connectivity index (χ2n) is 8.76. The Morgan fingerprint density at radius 1 is 0.806 bits per heavy atom. The Bertz CT molecular complexity index is 748. The summed E-state index contributed by atoms with van der Waals surface area (Å²) in [5.74, 6) is -0.434. The zero-order valence-electron chi connectivity index (χ0n) is 19.4. The van der Waals surface area contributed by atoms with Crippen LogP contribution in [0, 0.1) is 0 Å². The second-order valence-corrected chi connectivity index (χ2v) is 8.76. The predicted octanol–water partition coefficient (Wildman–Crippen LogP) is 5.29. The molecule has 1 aromatic rings. The van der Waals surface area contributed by atoms with Gasteiger partial charge in [-0.2, -0.15) is 0 Å². The van der Waals surface area contributed by atoms with Crippen molar-refractivity contribution in [1.29, 1.82) is 0 Å². The summed E-state index contributed by atoms with van der Waals surface area (Å²) >= 11 is 0. The third-order valence-electron chi connectivity index (χ3n) is 4.53. The normalized spacial score (nSPS) is 11.0. The maximum absolute atomic E-state index is 12.2. The van der Waals surface area contributed by atoms with Crippen molar-refractivity contribution in [2.45, 2.75) is 85.2 Å². The van der Waals surface area contributed by atoms with Crippen molar-refractivity contribution in [1.82, 2.24) is 5.32 Å². The number of anilines is 1. The Labute approximate surface area is 185 Å². The number of rotatable bonds is 12. The first-order valence-corrected chi connectivity index (χ1v) is 10.9. The van der Waals surface area contributed by atoms with Gasteiger partial charge in [-0.15, -0.1) is 0 Å². The minimum Gasteiger partial charge on any atom is -0.444 e. The minimum absolute atomic E-state index is 0.128. The lowest BCUT2D eigenvalue weighted by atomic mass is 10.0. The van der Waals surface area contributed by atoms with Gasteiger partial charge in [-0.05, 0) is 65.7 Å². The standard InChI is InChI=1S/C24H36N2O5/c1-17(27)19-14-20(18(2)28)16-21(15-19)26-22(29)12-10-8-6-7-9-11-13-25-23(30)31-24(3,4)5/h14-16H,6-13H2,1-5H3,(H,25,30)(H,26,29). The number of Topliss-reactive ketones (excluding diaryl/α,β-unsaturated/α-hetero) is 2. The predicted molar refractivity (Wildman–Crippen MR) is 122 cm³/mol. The van der Waals surface area contributed by atoms with Crippen molar-refractivity contribution < 1.29 is 23.9 Å². The van der Waals surface area contributed by atoms with Crippen molar-refractivity contribution in [3.05, 3.63) is 29.3 Å². The fourth-order valence-corrected chi connectivity index (χ4v) is 2.95. The molecule has 0 unspecified atom stereocenters. The number of hydrogen-bond acceptors (Lipinski definition) is 5. The summed E-state index contributed by atoms with van der Waals surface area (Å²) in [4.78, 5) is 47.0. The Kier molecular flexibility index (Phi) is 10.9. The Hall–Kier alpha value is -2.70. The Balaban J connectivity index is 2.21. The molecule has 1 rings (SSSR count). The van der Waals surface area contributed by atoms with E-state index in [0.29, 0.717) is 29.8 Å². The number of ketones is 2. The number of carbonyl (C=O) groups is 4. The smallest absolute Gasteiger partial charge is 0.407 e. The maximum atomic E-state index is 12.2. The average Bonchev–Trinajstić information content (AvgIpc) is 2.64. The van der Waals surface area contributed by atoms with Crippen LogP contribution in [0.4, 0.5) is 10.5 Å². The molecule has 0 fully saturated rings. The summed E-state index contributed by atoms with van der Waals surface area (Å²) in [6.07, 6.45) is 5.68. The molecule has 31 heavy (non-hydrogen) atoms. The van der Waals surface area contributed by atoms with Crippen molar-refractivity contribution in [3.8, 4) is 0 Å². The molecule has 0 aliphatic rings. The van der Waals surface area contributed by atoms with Gasteiger partial charge >= 0.3 is 6.09 Å². The first-order valence-electron chi connectivity index (χ1n) is 10.9. The number of unbranched alkanes of at least 4 members (excludes halogenated alkanes) is 5. The molecule has 1 aromatic carbocycles. The molecule has 0 bridgehead atoms. The molecule has 0 aromatic heterocycles. The quantitative estimate of drug-likeness (QED) is 0.345. The molecular formula is C24H36N2O5. The van der Waals surface area contributed by atoms with Gasteiger partial charge in [0.1, 0.15) is 5.60 Å². The highest BCUT2D eigenvalue weighted by atomic mass is 16.6. The SMILES string of the molecule is CC(=O)c1cc(NC(=O)CCCCCCCCNC(=O)OC(C)(C)C)cc(C(C)=O)c1. The maximum Gasteiger partial charge on any atom is 0.407 e. The van der Waals surface area contributed by atoms with E-state index in [0.717, 1.165) is 38.5 Å². The largest absolute Gasteiger partial charge is 0.444 e. The molecule has 0 aliphatic heterocycles. The van der Waals surface area contributed by atoms with Crippen molar-refractivity contribution in [3.63, 3.8) is 0 Å². The molecule has 0 radical (unpaired) electrons. The van der Waals surface area contributed by atoms with Crippen LogP contribution in [-0.2, 0) is 9.53 Å². The third-order valence-corrected chi connectivity index (χ3v) is 4.53. The van der Waals surface area contributed by atoms with E-state index < -0.39 is 5.60 Å². The number of carbonyl (C=O) groups excluding carboxylic acids is 4. The van der Waals surface area contributed by atoms with Gasteiger partial charge in [0, 0.05) is 29.8 Å². The zero-order valence-corrected chi connectivity index (χ0v) is 19.4. The van der Waals surface area contributed by atoms with Crippen LogP contribution in [0.5, 0.6) is 0 Å². The van der Waals surface area contributed by atoms with Gasteiger partial charge < -0.3 is 15.4 Å². The fourth-order valence-electron chi connectivity index (χ4n) is 2.95. The van der Waals surface area contributed by atoms with E-state index in [1.807, 2.05) is 20.8 Å². The van der Waals surface area contributed by atoms with Gasteiger partial charge in [0.2, 0.25) is 5.91 Å². The number of ether oxygens (including phenoxy) is 1. The molecule has 0 atom stereocenters. The average molecular weight is 433 g/mol. The van der Waals surface area contributed by atoms with Gasteiger partial charge in [-0.25, -0.2) is 4.79 Å². The summed E-state index contributed by atoms with van der Waals surface area (Å²) in [5.41, 5.74) is 0.802. The van der Waals surface area contributed by atoms with Crippen molar-refractivity contribution in [2.75, 3.05) is 11.9 Å². The summed E-state index contributed by atoms with van der Waals surface area (Å²) in [6, 6.07) is 4.74. The van der Waals surface area contributed by atoms with Crippen LogP contribution in [-0.4, -0.2) is 35.7 Å². The summed E-state index contributed by atoms with van der Waals surface area (Å²) in [7, 11) is 0. The van der Waals surface area contributed by atoms with E-state index in [1.54, 1.807) is 18.2 Å². The zero-order chi connectivity index (χ0) is 23.4. The molecule has 0 saturated carbocycles. The highest BCUT2D eigenvalue weighted by Gasteiger charge is 2.15. The molecule has 2 N–H and O–H groups in total. The van der Waals surface area contributed by atoms with Crippen LogP contribution in [0.2, 0.25) is 0 Å². The minimum atomic E-state index is -0.484. The number of amides is 2. The van der Waals surface area contributed by atoms with E-state index in [2.05, 4.69) is 10.6 Å². The molecule has 172 valence electrons. The topological polar surface area (TPSA) is 102 Å². The molecule has 0 saturated heterocycles. The lowest BCUT2D eigenvalue weighted by Crippen LogP contribution is -2.32. The van der Waals surface area contributed by atoms with E-state index in [-0.39, 0.29) is 23.6 Å². The molecule has 0 spiro atoms.